The standard InChI is InChI=1S/C15H18BrN3/c1-10(2)7-13-9-15(16)18-19(13)12-5-6-17-14(8-12)11(3)4/h5-9,11H,1-4H3. The molecule has 0 unspecified atom stereocenters. The lowest BCUT2D eigenvalue weighted by atomic mass is 10.1. The van der Waals surface area contributed by atoms with Crippen LogP contribution in [0.15, 0.2) is 34.6 Å². The average molecular weight is 320 g/mol. The van der Waals surface area contributed by atoms with Gasteiger partial charge in [0.1, 0.15) is 4.60 Å². The minimum absolute atomic E-state index is 0.408. The Morgan fingerprint density at radius 3 is 2.68 bits per heavy atom. The van der Waals surface area contributed by atoms with Crippen LogP contribution in [0.25, 0.3) is 11.8 Å². The van der Waals surface area contributed by atoms with Gasteiger partial charge in [0.2, 0.25) is 0 Å². The van der Waals surface area contributed by atoms with Gasteiger partial charge in [0.25, 0.3) is 0 Å². The van der Waals surface area contributed by atoms with Crippen molar-refractivity contribution < 1.29 is 0 Å². The molecule has 0 aromatic carbocycles. The first-order valence-electron chi connectivity index (χ1n) is 6.34. The van der Waals surface area contributed by atoms with E-state index in [1.165, 1.54) is 5.57 Å². The zero-order valence-corrected chi connectivity index (χ0v) is 13.3. The number of hydrogen-bond donors (Lipinski definition) is 0. The molecule has 0 fully saturated rings. The van der Waals surface area contributed by atoms with Crippen LogP contribution in [0, 0.1) is 0 Å². The minimum atomic E-state index is 0.408. The van der Waals surface area contributed by atoms with Crippen LogP contribution in [0.1, 0.15) is 45.0 Å². The zero-order valence-electron chi connectivity index (χ0n) is 11.7. The first-order chi connectivity index (χ1) is 8.97. The van der Waals surface area contributed by atoms with Gasteiger partial charge in [0, 0.05) is 11.9 Å². The molecule has 100 valence electrons. The van der Waals surface area contributed by atoms with E-state index in [2.05, 4.69) is 65.8 Å². The normalized spacial score (nSPS) is 10.8. The summed E-state index contributed by atoms with van der Waals surface area (Å²) < 4.78 is 2.77. The van der Waals surface area contributed by atoms with Crippen LogP contribution in [0.2, 0.25) is 0 Å². The smallest absolute Gasteiger partial charge is 0.129 e. The van der Waals surface area contributed by atoms with Crippen molar-refractivity contribution in [1.82, 2.24) is 14.8 Å². The van der Waals surface area contributed by atoms with E-state index in [0.717, 1.165) is 21.7 Å². The van der Waals surface area contributed by atoms with E-state index in [4.69, 9.17) is 0 Å². The van der Waals surface area contributed by atoms with Crippen molar-refractivity contribution in [3.63, 3.8) is 0 Å². The van der Waals surface area contributed by atoms with Gasteiger partial charge in [0.05, 0.1) is 11.4 Å². The predicted octanol–water partition coefficient (Wildman–Crippen LogP) is 4.58. The Morgan fingerprint density at radius 1 is 1.32 bits per heavy atom. The molecule has 2 heterocycles. The topological polar surface area (TPSA) is 30.7 Å². The fraction of sp³-hybridized carbons (Fsp3) is 0.333. The highest BCUT2D eigenvalue weighted by atomic mass is 79.9. The van der Waals surface area contributed by atoms with Crippen LogP contribution in [0.4, 0.5) is 0 Å². The third kappa shape index (κ3) is 3.32. The molecule has 0 aliphatic rings. The van der Waals surface area contributed by atoms with Gasteiger partial charge in [0.15, 0.2) is 0 Å². The van der Waals surface area contributed by atoms with E-state index in [9.17, 15) is 0 Å². The Morgan fingerprint density at radius 2 is 2.05 bits per heavy atom. The Bertz CT molecular complexity index is 608. The van der Waals surface area contributed by atoms with Crippen LogP contribution < -0.4 is 0 Å². The van der Waals surface area contributed by atoms with Crippen LogP contribution in [0.5, 0.6) is 0 Å². The number of aromatic nitrogens is 3. The maximum absolute atomic E-state index is 4.50. The molecule has 0 amide bonds. The number of nitrogens with zero attached hydrogens (tertiary/aromatic N) is 3. The molecular weight excluding hydrogens is 302 g/mol. The number of halogens is 1. The molecule has 0 radical (unpaired) electrons. The van der Waals surface area contributed by atoms with Crippen molar-refractivity contribution in [3.8, 4) is 5.69 Å². The summed E-state index contributed by atoms with van der Waals surface area (Å²) in [4.78, 5) is 4.39. The van der Waals surface area contributed by atoms with Crippen LogP contribution >= 0.6 is 15.9 Å². The van der Waals surface area contributed by atoms with Crippen molar-refractivity contribution in [2.24, 2.45) is 0 Å². The first-order valence-corrected chi connectivity index (χ1v) is 7.13. The molecule has 0 saturated carbocycles. The summed E-state index contributed by atoms with van der Waals surface area (Å²) in [5.74, 6) is 0.408. The molecule has 2 aromatic heterocycles. The van der Waals surface area contributed by atoms with Gasteiger partial charge in [-0.15, -0.1) is 0 Å². The van der Waals surface area contributed by atoms with Crippen LogP contribution in [-0.4, -0.2) is 14.8 Å². The molecule has 0 saturated heterocycles. The van der Waals surface area contributed by atoms with Gasteiger partial charge in [-0.3, -0.25) is 4.98 Å². The van der Waals surface area contributed by atoms with Crippen molar-refractivity contribution in [1.29, 1.82) is 0 Å². The third-order valence-corrected chi connectivity index (χ3v) is 3.13. The Hall–Kier alpha value is -1.42. The summed E-state index contributed by atoms with van der Waals surface area (Å²) in [6, 6.07) is 6.09. The molecule has 3 nitrogen and oxygen atoms in total. The molecule has 0 spiro atoms. The molecule has 0 atom stereocenters. The van der Waals surface area contributed by atoms with Gasteiger partial charge in [-0.05, 0) is 60.0 Å². The van der Waals surface area contributed by atoms with E-state index in [-0.39, 0.29) is 0 Å². The first kappa shape index (κ1) is 14.0. The minimum Gasteiger partial charge on any atom is -0.261 e. The molecule has 2 rings (SSSR count). The SMILES string of the molecule is CC(C)=Cc1cc(Br)nn1-c1ccnc(C(C)C)c1. The molecular formula is C15H18BrN3. The fourth-order valence-corrected chi connectivity index (χ4v) is 2.25. The molecule has 4 heteroatoms. The van der Waals surface area contributed by atoms with E-state index < -0.39 is 0 Å². The number of hydrogen-bond acceptors (Lipinski definition) is 2. The lowest BCUT2D eigenvalue weighted by Crippen LogP contribution is -2.02. The molecule has 0 N–H and O–H groups in total. The number of allylic oxidation sites excluding steroid dienone is 1. The van der Waals surface area contributed by atoms with Crippen molar-refractivity contribution in [2.75, 3.05) is 0 Å². The van der Waals surface area contributed by atoms with Gasteiger partial charge in [-0.1, -0.05) is 19.4 Å². The quantitative estimate of drug-likeness (QED) is 0.829. The summed E-state index contributed by atoms with van der Waals surface area (Å²) in [5.41, 5.74) is 4.42. The van der Waals surface area contributed by atoms with E-state index >= 15 is 0 Å². The predicted molar refractivity (Wildman–Crippen MR) is 82.5 cm³/mol. The molecule has 0 aliphatic heterocycles. The van der Waals surface area contributed by atoms with Gasteiger partial charge in [-0.2, -0.15) is 5.10 Å². The van der Waals surface area contributed by atoms with Crippen molar-refractivity contribution in [2.45, 2.75) is 33.6 Å². The second kappa shape index (κ2) is 5.70. The highest BCUT2D eigenvalue weighted by Gasteiger charge is 2.08. The monoisotopic (exact) mass is 319 g/mol. The average Bonchev–Trinajstić information content (AvgIpc) is 2.69. The highest BCUT2D eigenvalue weighted by Crippen LogP contribution is 2.21. The molecule has 0 aliphatic carbocycles. The fourth-order valence-electron chi connectivity index (χ4n) is 1.85. The van der Waals surface area contributed by atoms with Gasteiger partial charge < -0.3 is 0 Å². The number of pyridine rings is 1. The molecule has 2 aromatic rings. The third-order valence-electron chi connectivity index (χ3n) is 2.74. The second-order valence-electron chi connectivity index (χ2n) is 5.12. The molecule has 0 bridgehead atoms. The van der Waals surface area contributed by atoms with E-state index in [1.807, 2.05) is 23.0 Å². The second-order valence-corrected chi connectivity index (χ2v) is 5.93. The van der Waals surface area contributed by atoms with Crippen molar-refractivity contribution >= 4 is 22.0 Å². The Labute approximate surface area is 122 Å². The Balaban J connectivity index is 2.52. The van der Waals surface area contributed by atoms with E-state index in [1.54, 1.807) is 0 Å². The summed E-state index contributed by atoms with van der Waals surface area (Å²) >= 11 is 3.44. The highest BCUT2D eigenvalue weighted by molar-refractivity contribution is 9.10. The summed E-state index contributed by atoms with van der Waals surface area (Å²) in [6.07, 6.45) is 3.96. The zero-order chi connectivity index (χ0) is 14.0. The van der Waals surface area contributed by atoms with Crippen molar-refractivity contribution in [3.05, 3.63) is 46.0 Å². The maximum Gasteiger partial charge on any atom is 0.129 e. The lowest BCUT2D eigenvalue weighted by molar-refractivity contribution is 0.804. The Kier molecular flexibility index (Phi) is 4.20. The summed E-state index contributed by atoms with van der Waals surface area (Å²) in [6.45, 7) is 8.44. The van der Waals surface area contributed by atoms with Crippen LogP contribution in [-0.2, 0) is 0 Å². The largest absolute Gasteiger partial charge is 0.261 e. The summed E-state index contributed by atoms with van der Waals surface area (Å²) in [7, 11) is 0. The maximum atomic E-state index is 4.50. The van der Waals surface area contributed by atoms with Gasteiger partial charge in [-0.25, -0.2) is 4.68 Å². The van der Waals surface area contributed by atoms with Gasteiger partial charge >= 0.3 is 0 Å². The lowest BCUT2D eigenvalue weighted by Gasteiger charge is -2.09. The molecule has 19 heavy (non-hydrogen) atoms. The summed E-state index contributed by atoms with van der Waals surface area (Å²) in [5, 5.41) is 4.50. The van der Waals surface area contributed by atoms with Crippen LogP contribution in [0.3, 0.4) is 0 Å². The van der Waals surface area contributed by atoms with E-state index in [0.29, 0.717) is 5.92 Å². The number of rotatable bonds is 3.